The van der Waals surface area contributed by atoms with E-state index < -0.39 is 6.09 Å². The minimum Gasteiger partial charge on any atom is -0.450 e. The molecule has 0 rings (SSSR count). The molecule has 0 heterocycles. The molecule has 0 aromatic carbocycles. The molecule has 0 atom stereocenters. The number of nitrogens with one attached hydrogen (secondary N) is 1. The number of amides is 1. The molecule has 0 aliphatic heterocycles. The SMILES string of the molecule is C=C(C)C=CNC(=O)OCC. The van der Waals surface area contributed by atoms with Crippen LogP contribution in [0.2, 0.25) is 0 Å². The summed E-state index contributed by atoms with van der Waals surface area (Å²) in [5.74, 6) is 0. The van der Waals surface area contributed by atoms with Gasteiger partial charge in [-0.15, -0.1) is 0 Å². The quantitative estimate of drug-likeness (QED) is 0.631. The Morgan fingerprint density at radius 1 is 1.73 bits per heavy atom. The van der Waals surface area contributed by atoms with Crippen molar-refractivity contribution in [3.8, 4) is 0 Å². The van der Waals surface area contributed by atoms with E-state index in [2.05, 4.69) is 16.6 Å². The second-order valence-electron chi connectivity index (χ2n) is 2.04. The van der Waals surface area contributed by atoms with Gasteiger partial charge in [-0.25, -0.2) is 4.79 Å². The van der Waals surface area contributed by atoms with Crippen molar-refractivity contribution in [1.82, 2.24) is 5.32 Å². The van der Waals surface area contributed by atoms with Gasteiger partial charge in [-0.05, 0) is 19.9 Å². The lowest BCUT2D eigenvalue weighted by Crippen LogP contribution is -2.17. The molecule has 1 amide bonds. The number of rotatable bonds is 3. The molecule has 0 aromatic rings. The number of carbonyl (C=O) groups excluding carboxylic acids is 1. The van der Waals surface area contributed by atoms with Crippen LogP contribution in [-0.2, 0) is 4.74 Å². The highest BCUT2D eigenvalue weighted by Gasteiger charge is 1.92. The molecule has 0 fully saturated rings. The van der Waals surface area contributed by atoms with Crippen LogP contribution in [0, 0.1) is 0 Å². The van der Waals surface area contributed by atoms with E-state index in [0.29, 0.717) is 6.61 Å². The fraction of sp³-hybridized carbons (Fsp3) is 0.375. The third-order valence-corrected chi connectivity index (χ3v) is 0.844. The average Bonchev–Trinajstić information content (AvgIpc) is 1.87. The lowest BCUT2D eigenvalue weighted by Gasteiger charge is -1.98. The molecule has 0 unspecified atom stereocenters. The van der Waals surface area contributed by atoms with E-state index in [-0.39, 0.29) is 0 Å². The van der Waals surface area contributed by atoms with Crippen molar-refractivity contribution in [2.75, 3.05) is 6.61 Å². The van der Waals surface area contributed by atoms with Gasteiger partial charge in [0.05, 0.1) is 6.61 Å². The molecule has 0 spiro atoms. The van der Waals surface area contributed by atoms with Crippen LogP contribution in [-0.4, -0.2) is 12.7 Å². The summed E-state index contributed by atoms with van der Waals surface area (Å²) in [6.07, 6.45) is 2.75. The highest BCUT2D eigenvalue weighted by Crippen LogP contribution is 1.86. The van der Waals surface area contributed by atoms with Crippen LogP contribution in [0.15, 0.2) is 24.4 Å². The zero-order valence-corrected chi connectivity index (χ0v) is 6.89. The molecule has 1 N–H and O–H groups in total. The predicted molar refractivity (Wildman–Crippen MR) is 44.1 cm³/mol. The van der Waals surface area contributed by atoms with Gasteiger partial charge in [0.1, 0.15) is 0 Å². The number of alkyl carbamates (subject to hydrolysis) is 1. The molecule has 0 bridgehead atoms. The number of carbonyl (C=O) groups is 1. The first-order valence-electron chi connectivity index (χ1n) is 3.42. The summed E-state index contributed by atoms with van der Waals surface area (Å²) in [4.78, 5) is 10.6. The summed E-state index contributed by atoms with van der Waals surface area (Å²) in [5, 5.41) is 2.41. The highest BCUT2D eigenvalue weighted by molar-refractivity contribution is 5.68. The van der Waals surface area contributed by atoms with Crippen LogP contribution >= 0.6 is 0 Å². The maximum Gasteiger partial charge on any atom is 0.411 e. The standard InChI is InChI=1S/C8H13NO2/c1-4-11-8(10)9-6-5-7(2)3/h5-6H,2,4H2,1,3H3,(H,9,10). The first-order chi connectivity index (χ1) is 5.16. The van der Waals surface area contributed by atoms with Gasteiger partial charge in [-0.2, -0.15) is 0 Å². The summed E-state index contributed by atoms with van der Waals surface area (Å²) in [6, 6.07) is 0. The zero-order chi connectivity index (χ0) is 8.69. The van der Waals surface area contributed by atoms with Crippen LogP contribution in [0.1, 0.15) is 13.8 Å². The molecule has 3 heteroatoms. The van der Waals surface area contributed by atoms with Crippen molar-refractivity contribution in [2.24, 2.45) is 0 Å². The molecule has 0 saturated carbocycles. The van der Waals surface area contributed by atoms with E-state index in [0.717, 1.165) is 5.57 Å². The lowest BCUT2D eigenvalue weighted by molar-refractivity contribution is 0.156. The van der Waals surface area contributed by atoms with Crippen LogP contribution in [0.5, 0.6) is 0 Å². The Morgan fingerprint density at radius 3 is 2.82 bits per heavy atom. The molecule has 0 aromatic heterocycles. The van der Waals surface area contributed by atoms with Gasteiger partial charge in [-0.1, -0.05) is 12.2 Å². The smallest absolute Gasteiger partial charge is 0.411 e. The minimum atomic E-state index is -0.440. The van der Waals surface area contributed by atoms with Crippen molar-refractivity contribution < 1.29 is 9.53 Å². The molecule has 0 aliphatic rings. The van der Waals surface area contributed by atoms with Gasteiger partial charge in [0, 0.05) is 6.20 Å². The molecule has 0 aliphatic carbocycles. The zero-order valence-electron chi connectivity index (χ0n) is 6.89. The molecule has 0 saturated heterocycles. The van der Waals surface area contributed by atoms with Crippen LogP contribution < -0.4 is 5.32 Å². The van der Waals surface area contributed by atoms with Crippen LogP contribution in [0.4, 0.5) is 4.79 Å². The average molecular weight is 155 g/mol. The number of hydrogen-bond acceptors (Lipinski definition) is 2. The van der Waals surface area contributed by atoms with Crippen molar-refractivity contribution in [1.29, 1.82) is 0 Å². The Kier molecular flexibility index (Phi) is 4.90. The van der Waals surface area contributed by atoms with Crippen LogP contribution in [0.3, 0.4) is 0 Å². The Morgan fingerprint density at radius 2 is 2.36 bits per heavy atom. The van der Waals surface area contributed by atoms with E-state index in [9.17, 15) is 4.79 Å². The van der Waals surface area contributed by atoms with Crippen LogP contribution in [0.25, 0.3) is 0 Å². The Hall–Kier alpha value is -1.25. The monoisotopic (exact) mass is 155 g/mol. The van der Waals surface area contributed by atoms with E-state index >= 15 is 0 Å². The molecular formula is C8H13NO2. The molecule has 3 nitrogen and oxygen atoms in total. The second kappa shape index (κ2) is 5.53. The molecule has 0 radical (unpaired) electrons. The van der Waals surface area contributed by atoms with E-state index in [1.807, 2.05) is 6.92 Å². The van der Waals surface area contributed by atoms with E-state index in [1.54, 1.807) is 13.0 Å². The van der Waals surface area contributed by atoms with Crippen molar-refractivity contribution >= 4 is 6.09 Å². The first kappa shape index (κ1) is 9.75. The fourth-order valence-electron chi connectivity index (χ4n) is 0.425. The third kappa shape index (κ3) is 6.64. The largest absolute Gasteiger partial charge is 0.450 e. The molecule has 11 heavy (non-hydrogen) atoms. The summed E-state index contributed by atoms with van der Waals surface area (Å²) in [6.45, 7) is 7.59. The first-order valence-corrected chi connectivity index (χ1v) is 3.42. The van der Waals surface area contributed by atoms with Gasteiger partial charge in [0.15, 0.2) is 0 Å². The normalized spacial score (nSPS) is 9.64. The number of hydrogen-bond donors (Lipinski definition) is 1. The topological polar surface area (TPSA) is 38.3 Å². The number of ether oxygens (including phenoxy) is 1. The van der Waals surface area contributed by atoms with Gasteiger partial charge < -0.3 is 4.74 Å². The maximum absolute atomic E-state index is 10.6. The van der Waals surface area contributed by atoms with E-state index in [1.165, 1.54) is 6.20 Å². The third-order valence-electron chi connectivity index (χ3n) is 0.844. The summed E-state index contributed by atoms with van der Waals surface area (Å²) < 4.78 is 4.59. The molecular weight excluding hydrogens is 142 g/mol. The van der Waals surface area contributed by atoms with Gasteiger partial charge in [0.2, 0.25) is 0 Å². The Labute approximate surface area is 66.7 Å². The van der Waals surface area contributed by atoms with Gasteiger partial charge >= 0.3 is 6.09 Å². The number of allylic oxidation sites excluding steroid dienone is 2. The lowest BCUT2D eigenvalue weighted by atomic mass is 10.3. The maximum atomic E-state index is 10.6. The fourth-order valence-corrected chi connectivity index (χ4v) is 0.425. The summed E-state index contributed by atoms with van der Waals surface area (Å²) in [5.41, 5.74) is 0.877. The molecule has 62 valence electrons. The summed E-state index contributed by atoms with van der Waals surface area (Å²) in [7, 11) is 0. The van der Waals surface area contributed by atoms with Gasteiger partial charge in [-0.3, -0.25) is 5.32 Å². The Bertz CT molecular complexity index is 173. The highest BCUT2D eigenvalue weighted by atomic mass is 16.5. The minimum absolute atomic E-state index is 0.382. The summed E-state index contributed by atoms with van der Waals surface area (Å²) >= 11 is 0. The van der Waals surface area contributed by atoms with Crippen molar-refractivity contribution in [2.45, 2.75) is 13.8 Å². The van der Waals surface area contributed by atoms with Crippen molar-refractivity contribution in [3.05, 3.63) is 24.4 Å². The second-order valence-corrected chi connectivity index (χ2v) is 2.04. The van der Waals surface area contributed by atoms with Crippen molar-refractivity contribution in [3.63, 3.8) is 0 Å². The predicted octanol–water partition coefficient (Wildman–Crippen LogP) is 1.82. The Balaban J connectivity index is 3.53. The van der Waals surface area contributed by atoms with Gasteiger partial charge in [0.25, 0.3) is 0 Å². The van der Waals surface area contributed by atoms with E-state index in [4.69, 9.17) is 0 Å².